The van der Waals surface area contributed by atoms with Gasteiger partial charge in [0.25, 0.3) is 5.91 Å². The molecule has 194 valence electrons. The summed E-state index contributed by atoms with van der Waals surface area (Å²) in [5.74, 6) is -0.909. The van der Waals surface area contributed by atoms with E-state index in [4.69, 9.17) is 9.84 Å². The maximum atomic E-state index is 13.8. The van der Waals surface area contributed by atoms with Crippen LogP contribution in [0.25, 0.3) is 0 Å². The second-order valence-corrected chi connectivity index (χ2v) is 10.1. The zero-order valence-electron chi connectivity index (χ0n) is 20.7. The number of hydrazone groups is 1. The monoisotopic (exact) mass is 534 g/mol. The topological polar surface area (TPSA) is 83.4 Å². The first-order chi connectivity index (χ1) is 18.3. The molecule has 0 aliphatic carbocycles. The largest absolute Gasteiger partial charge is 0.497 e. The number of halogens is 2. The van der Waals surface area contributed by atoms with Crippen molar-refractivity contribution in [1.82, 2.24) is 5.01 Å². The fourth-order valence-electron chi connectivity index (χ4n) is 4.24. The molecule has 38 heavy (non-hydrogen) atoms. The molecule has 3 aromatic carbocycles. The van der Waals surface area contributed by atoms with Gasteiger partial charge in [0.2, 0.25) is 5.91 Å². The average molecular weight is 535 g/mol. The van der Waals surface area contributed by atoms with Crippen LogP contribution in [0.1, 0.15) is 35.6 Å². The third-order valence-electron chi connectivity index (χ3n) is 6.34. The molecule has 0 aromatic heterocycles. The average Bonchev–Trinajstić information content (AvgIpc) is 3.50. The number of aryl methyl sites for hydroxylation is 1. The van der Waals surface area contributed by atoms with Gasteiger partial charge in [-0.15, -0.1) is 0 Å². The number of rotatable bonds is 6. The Bertz CT molecular complexity index is 1440. The van der Waals surface area contributed by atoms with Crippen molar-refractivity contribution < 1.29 is 23.1 Å². The minimum atomic E-state index is -0.734. The van der Waals surface area contributed by atoms with Crippen molar-refractivity contribution in [3.63, 3.8) is 0 Å². The lowest BCUT2D eigenvalue weighted by molar-refractivity contribution is -0.121. The van der Waals surface area contributed by atoms with Gasteiger partial charge in [0.1, 0.15) is 22.6 Å². The number of ether oxygens (including phenoxy) is 1. The summed E-state index contributed by atoms with van der Waals surface area (Å²) in [6, 6.07) is 17.8. The van der Waals surface area contributed by atoms with Crippen molar-refractivity contribution in [3.8, 4) is 5.75 Å². The first-order valence-corrected chi connectivity index (χ1v) is 12.8. The van der Waals surface area contributed by atoms with Crippen LogP contribution in [-0.4, -0.2) is 40.1 Å². The molecule has 0 unspecified atom stereocenters. The van der Waals surface area contributed by atoms with Gasteiger partial charge < -0.3 is 10.1 Å². The SMILES string of the molecule is COc1ccc([C@H]2CC(c3ccc(F)cc3)=NN2C2=NC(=O)[C@@H](CC(=O)Nc3ccc(C)c(F)c3)S2)cc1. The maximum Gasteiger partial charge on any atom is 0.262 e. The third kappa shape index (κ3) is 5.45. The number of amides is 2. The van der Waals surface area contributed by atoms with Gasteiger partial charge in [0.05, 0.1) is 18.9 Å². The molecular formula is C28H24F2N4O3S. The summed E-state index contributed by atoms with van der Waals surface area (Å²) in [4.78, 5) is 29.6. The number of aliphatic imine (C=N–C) groups is 1. The molecule has 0 saturated heterocycles. The van der Waals surface area contributed by atoms with Crippen molar-refractivity contribution in [2.75, 3.05) is 12.4 Å². The maximum absolute atomic E-state index is 13.8. The van der Waals surface area contributed by atoms with Gasteiger partial charge in [-0.05, 0) is 60.0 Å². The van der Waals surface area contributed by atoms with Gasteiger partial charge in [-0.25, -0.2) is 13.8 Å². The Morgan fingerprint density at radius 3 is 2.53 bits per heavy atom. The Hall–Kier alpha value is -4.05. The van der Waals surface area contributed by atoms with Crippen LogP contribution in [0, 0.1) is 18.6 Å². The molecule has 2 aliphatic rings. The van der Waals surface area contributed by atoms with Gasteiger partial charge in [-0.2, -0.15) is 10.1 Å². The van der Waals surface area contributed by atoms with E-state index in [1.54, 1.807) is 43.3 Å². The van der Waals surface area contributed by atoms with Crippen molar-refractivity contribution >= 4 is 40.1 Å². The Morgan fingerprint density at radius 1 is 1.11 bits per heavy atom. The number of amidine groups is 1. The first kappa shape index (κ1) is 25.6. The third-order valence-corrected chi connectivity index (χ3v) is 7.48. The summed E-state index contributed by atoms with van der Waals surface area (Å²) in [7, 11) is 1.59. The van der Waals surface area contributed by atoms with Crippen molar-refractivity contribution in [2.24, 2.45) is 10.1 Å². The predicted octanol–water partition coefficient (Wildman–Crippen LogP) is 5.46. The molecule has 1 N–H and O–H groups in total. The number of carbonyl (C=O) groups excluding carboxylic acids is 2. The number of nitrogens with one attached hydrogen (secondary N) is 1. The van der Waals surface area contributed by atoms with Crippen LogP contribution in [0.5, 0.6) is 5.75 Å². The molecule has 0 bridgehead atoms. The number of anilines is 1. The van der Waals surface area contributed by atoms with Crippen LogP contribution >= 0.6 is 11.8 Å². The molecule has 2 heterocycles. The highest BCUT2D eigenvalue weighted by Gasteiger charge is 2.39. The molecule has 2 atom stereocenters. The van der Waals surface area contributed by atoms with Crippen LogP contribution < -0.4 is 10.1 Å². The fraction of sp³-hybridized carbons (Fsp3) is 0.214. The van der Waals surface area contributed by atoms with E-state index in [2.05, 4.69) is 10.3 Å². The summed E-state index contributed by atoms with van der Waals surface area (Å²) in [6.07, 6.45) is 0.386. The number of hydrogen-bond donors (Lipinski definition) is 1. The summed E-state index contributed by atoms with van der Waals surface area (Å²) >= 11 is 1.17. The van der Waals surface area contributed by atoms with Gasteiger partial charge >= 0.3 is 0 Å². The zero-order chi connectivity index (χ0) is 26.8. The number of benzene rings is 3. The summed E-state index contributed by atoms with van der Waals surface area (Å²) in [6.45, 7) is 1.63. The lowest BCUT2D eigenvalue weighted by Gasteiger charge is -2.23. The van der Waals surface area contributed by atoms with Gasteiger partial charge in [0, 0.05) is 18.5 Å². The quantitative estimate of drug-likeness (QED) is 0.454. The first-order valence-electron chi connectivity index (χ1n) is 11.9. The molecule has 2 aliphatic heterocycles. The highest BCUT2D eigenvalue weighted by Crippen LogP contribution is 2.39. The van der Waals surface area contributed by atoms with E-state index < -0.39 is 22.9 Å². The minimum Gasteiger partial charge on any atom is -0.497 e. The number of methoxy groups -OCH3 is 1. The van der Waals surface area contributed by atoms with E-state index in [0.29, 0.717) is 28.6 Å². The van der Waals surface area contributed by atoms with Crippen LogP contribution in [0.3, 0.4) is 0 Å². The summed E-state index contributed by atoms with van der Waals surface area (Å²) in [5.41, 5.74) is 3.22. The standard InChI is InChI=1S/C28H24F2N4O3S/c1-16-3-10-20(13-22(16)30)31-26(35)15-25-27(36)32-28(38-25)34-24(18-6-11-21(37-2)12-7-18)14-23(33-34)17-4-8-19(29)9-5-17/h3-13,24-25H,14-15H2,1-2H3,(H,31,35)/t24-,25-/m1/s1. The Balaban J connectivity index is 1.34. The minimum absolute atomic E-state index is 0.123. The lowest BCUT2D eigenvalue weighted by Crippen LogP contribution is -2.25. The molecule has 0 spiro atoms. The lowest BCUT2D eigenvalue weighted by atomic mass is 9.98. The Kier molecular flexibility index (Phi) is 7.24. The van der Waals surface area contributed by atoms with E-state index in [1.807, 2.05) is 24.3 Å². The molecule has 10 heteroatoms. The number of hydrogen-bond acceptors (Lipinski definition) is 6. The number of thioether (sulfide) groups is 1. The molecule has 0 radical (unpaired) electrons. The van der Waals surface area contributed by atoms with Crippen molar-refractivity contribution in [3.05, 3.63) is 95.1 Å². The van der Waals surface area contributed by atoms with Crippen molar-refractivity contribution in [1.29, 1.82) is 0 Å². The fourth-order valence-corrected chi connectivity index (χ4v) is 5.31. The highest BCUT2D eigenvalue weighted by atomic mass is 32.2. The van der Waals surface area contributed by atoms with Crippen LogP contribution in [0.4, 0.5) is 14.5 Å². The van der Waals surface area contributed by atoms with Gasteiger partial charge in [-0.3, -0.25) is 9.59 Å². The van der Waals surface area contributed by atoms with E-state index in [9.17, 15) is 18.4 Å². The molecule has 3 aromatic rings. The van der Waals surface area contributed by atoms with Crippen molar-refractivity contribution in [2.45, 2.75) is 31.1 Å². The van der Waals surface area contributed by atoms with E-state index in [1.165, 1.54) is 30.0 Å². The summed E-state index contributed by atoms with van der Waals surface area (Å²) < 4.78 is 32.6. The molecule has 2 amide bonds. The Morgan fingerprint density at radius 2 is 1.84 bits per heavy atom. The van der Waals surface area contributed by atoms with E-state index in [-0.39, 0.29) is 18.3 Å². The van der Waals surface area contributed by atoms with Crippen LogP contribution in [0.2, 0.25) is 0 Å². The van der Waals surface area contributed by atoms with Gasteiger partial charge in [0.15, 0.2) is 5.17 Å². The highest BCUT2D eigenvalue weighted by molar-refractivity contribution is 8.15. The second kappa shape index (κ2) is 10.7. The number of carbonyl (C=O) groups is 2. The molecule has 0 fully saturated rings. The summed E-state index contributed by atoms with van der Waals surface area (Å²) in [5, 5.41) is 8.73. The van der Waals surface area contributed by atoms with Crippen LogP contribution in [0.15, 0.2) is 76.8 Å². The zero-order valence-corrected chi connectivity index (χ0v) is 21.5. The van der Waals surface area contributed by atoms with E-state index >= 15 is 0 Å². The second-order valence-electron chi connectivity index (χ2n) is 8.95. The molecule has 5 rings (SSSR count). The van der Waals surface area contributed by atoms with Crippen LogP contribution in [-0.2, 0) is 9.59 Å². The predicted molar refractivity (Wildman–Crippen MR) is 143 cm³/mol. The molecular weight excluding hydrogens is 510 g/mol. The normalized spacial score (nSPS) is 18.8. The number of nitrogens with zero attached hydrogens (tertiary/aromatic N) is 3. The van der Waals surface area contributed by atoms with Gasteiger partial charge in [-0.1, -0.05) is 42.1 Å². The Labute approximate surface area is 222 Å². The molecule has 0 saturated carbocycles. The smallest absolute Gasteiger partial charge is 0.262 e. The van der Waals surface area contributed by atoms with E-state index in [0.717, 1.165) is 16.8 Å². The molecule has 7 nitrogen and oxygen atoms in total.